The Hall–Kier alpha value is -3.01. The topological polar surface area (TPSA) is 86.8 Å². The minimum absolute atomic E-state index is 0.0350. The fraction of sp³-hybridized carbons (Fsp3) is 0.355. The van der Waals surface area contributed by atoms with E-state index in [2.05, 4.69) is 21.2 Å². The first-order valence-electron chi connectivity index (χ1n) is 13.5. The molecule has 7 nitrogen and oxygen atoms in total. The maximum atomic E-state index is 13.8. The molecule has 40 heavy (non-hydrogen) atoms. The summed E-state index contributed by atoms with van der Waals surface area (Å²) in [6, 6.07) is 24.8. The first-order chi connectivity index (χ1) is 19.1. The Labute approximate surface area is 246 Å². The van der Waals surface area contributed by atoms with Crippen LogP contribution in [0.1, 0.15) is 44.2 Å². The first kappa shape index (κ1) is 31.5. The van der Waals surface area contributed by atoms with E-state index in [1.54, 1.807) is 35.2 Å². The number of rotatable bonds is 14. The average molecular weight is 629 g/mol. The molecule has 0 aromatic heterocycles. The van der Waals surface area contributed by atoms with Crippen molar-refractivity contribution in [3.8, 4) is 0 Å². The summed E-state index contributed by atoms with van der Waals surface area (Å²) >= 11 is 3.45. The molecule has 0 heterocycles. The molecule has 0 saturated carbocycles. The molecule has 0 aliphatic heterocycles. The smallest absolute Gasteiger partial charge is 0.243 e. The van der Waals surface area contributed by atoms with E-state index in [1.165, 1.54) is 11.4 Å². The average Bonchev–Trinajstić information content (AvgIpc) is 2.96. The number of sulfonamides is 1. The summed E-state index contributed by atoms with van der Waals surface area (Å²) in [5.74, 6) is -0.402. The number of carbonyl (C=O) groups excluding carboxylic acids is 2. The van der Waals surface area contributed by atoms with E-state index in [1.807, 2.05) is 68.4 Å². The van der Waals surface area contributed by atoms with Gasteiger partial charge in [-0.15, -0.1) is 0 Å². The fourth-order valence-corrected chi connectivity index (χ4v) is 5.77. The molecule has 0 spiro atoms. The van der Waals surface area contributed by atoms with E-state index in [0.29, 0.717) is 12.8 Å². The molecule has 0 saturated heterocycles. The molecule has 3 rings (SSSR count). The number of amides is 2. The van der Waals surface area contributed by atoms with Crippen LogP contribution in [0.25, 0.3) is 0 Å². The van der Waals surface area contributed by atoms with Gasteiger partial charge in [-0.2, -0.15) is 0 Å². The molecule has 0 aliphatic rings. The van der Waals surface area contributed by atoms with Gasteiger partial charge in [0.15, 0.2) is 0 Å². The lowest BCUT2D eigenvalue weighted by atomic mass is 10.0. The third kappa shape index (κ3) is 9.01. The summed E-state index contributed by atoms with van der Waals surface area (Å²) in [7, 11) is -2.14. The van der Waals surface area contributed by atoms with E-state index in [4.69, 9.17) is 0 Å². The summed E-state index contributed by atoms with van der Waals surface area (Å²) in [6.07, 6.45) is 1.57. The molecule has 0 unspecified atom stereocenters. The Morgan fingerprint density at radius 3 is 2.10 bits per heavy atom. The predicted octanol–water partition coefficient (Wildman–Crippen LogP) is 5.40. The van der Waals surface area contributed by atoms with Gasteiger partial charge in [-0.1, -0.05) is 83.5 Å². The SMILES string of the molecule is CC[C@@H](C)NC(=O)[C@H](Cc1ccccc1)N(Cc1ccc(Br)cc1)C(=O)CCCN(C)S(=O)(=O)c1ccccc1. The zero-order valence-electron chi connectivity index (χ0n) is 23.3. The minimum atomic E-state index is -3.66. The van der Waals surface area contributed by atoms with Crippen LogP contribution in [0, 0.1) is 0 Å². The van der Waals surface area contributed by atoms with Crippen LogP contribution in [0.15, 0.2) is 94.3 Å². The van der Waals surface area contributed by atoms with Crippen LogP contribution in [0.5, 0.6) is 0 Å². The number of hydrogen-bond donors (Lipinski definition) is 1. The van der Waals surface area contributed by atoms with Gasteiger partial charge in [0.05, 0.1) is 4.90 Å². The van der Waals surface area contributed by atoms with Gasteiger partial charge in [0.25, 0.3) is 0 Å². The second-order valence-corrected chi connectivity index (χ2v) is 12.9. The van der Waals surface area contributed by atoms with Crippen molar-refractivity contribution in [1.29, 1.82) is 0 Å². The van der Waals surface area contributed by atoms with Crippen molar-refractivity contribution in [3.63, 3.8) is 0 Å². The Morgan fingerprint density at radius 2 is 1.50 bits per heavy atom. The summed E-state index contributed by atoms with van der Waals surface area (Å²) in [5, 5.41) is 3.06. The normalized spacial score (nSPS) is 13.0. The maximum absolute atomic E-state index is 13.8. The number of nitrogens with one attached hydrogen (secondary N) is 1. The Balaban J connectivity index is 1.83. The molecule has 0 fully saturated rings. The van der Waals surface area contributed by atoms with Gasteiger partial charge < -0.3 is 10.2 Å². The van der Waals surface area contributed by atoms with Crippen LogP contribution in [-0.4, -0.2) is 55.1 Å². The van der Waals surface area contributed by atoms with Crippen molar-refractivity contribution in [2.75, 3.05) is 13.6 Å². The lowest BCUT2D eigenvalue weighted by Gasteiger charge is -2.32. The highest BCUT2D eigenvalue weighted by Gasteiger charge is 2.31. The van der Waals surface area contributed by atoms with Crippen molar-refractivity contribution < 1.29 is 18.0 Å². The highest BCUT2D eigenvalue weighted by atomic mass is 79.9. The number of nitrogens with zero attached hydrogens (tertiary/aromatic N) is 2. The third-order valence-corrected chi connectivity index (χ3v) is 9.25. The molecule has 3 aromatic rings. The predicted molar refractivity (Wildman–Crippen MR) is 162 cm³/mol. The van der Waals surface area contributed by atoms with Crippen molar-refractivity contribution in [3.05, 3.63) is 101 Å². The fourth-order valence-electron chi connectivity index (χ4n) is 4.27. The molecular formula is C31H38BrN3O4S. The molecule has 3 aromatic carbocycles. The van der Waals surface area contributed by atoms with Crippen molar-refractivity contribution in [2.45, 2.75) is 63.1 Å². The summed E-state index contributed by atoms with van der Waals surface area (Å²) in [5.41, 5.74) is 1.85. The van der Waals surface area contributed by atoms with Gasteiger partial charge in [-0.05, 0) is 55.2 Å². The largest absolute Gasteiger partial charge is 0.352 e. The first-order valence-corrected chi connectivity index (χ1v) is 15.7. The molecule has 214 valence electrons. The van der Waals surface area contributed by atoms with E-state index in [0.717, 1.165) is 22.0 Å². The van der Waals surface area contributed by atoms with Crippen LogP contribution in [-0.2, 0) is 32.6 Å². The highest BCUT2D eigenvalue weighted by Crippen LogP contribution is 2.19. The molecule has 0 aliphatic carbocycles. The van der Waals surface area contributed by atoms with Crippen molar-refractivity contribution in [1.82, 2.24) is 14.5 Å². The van der Waals surface area contributed by atoms with E-state index in [9.17, 15) is 18.0 Å². The van der Waals surface area contributed by atoms with Crippen LogP contribution in [0.2, 0.25) is 0 Å². The quantitative estimate of drug-likeness (QED) is 0.259. The Bertz CT molecular complexity index is 1340. The number of carbonyl (C=O) groups is 2. The van der Waals surface area contributed by atoms with E-state index < -0.39 is 16.1 Å². The number of hydrogen-bond acceptors (Lipinski definition) is 4. The minimum Gasteiger partial charge on any atom is -0.352 e. The second kappa shape index (κ2) is 15.1. The Morgan fingerprint density at radius 1 is 0.900 bits per heavy atom. The third-order valence-electron chi connectivity index (χ3n) is 6.85. The number of halogens is 1. The van der Waals surface area contributed by atoms with Gasteiger partial charge in [0.2, 0.25) is 21.8 Å². The van der Waals surface area contributed by atoms with Crippen molar-refractivity contribution in [2.24, 2.45) is 0 Å². The van der Waals surface area contributed by atoms with Gasteiger partial charge in [-0.3, -0.25) is 9.59 Å². The van der Waals surface area contributed by atoms with Crippen LogP contribution in [0.3, 0.4) is 0 Å². The molecule has 0 bridgehead atoms. The summed E-state index contributed by atoms with van der Waals surface area (Å²) < 4.78 is 28.0. The van der Waals surface area contributed by atoms with Gasteiger partial charge in [0, 0.05) is 43.5 Å². The van der Waals surface area contributed by atoms with E-state index >= 15 is 0 Å². The monoisotopic (exact) mass is 627 g/mol. The zero-order valence-corrected chi connectivity index (χ0v) is 25.7. The molecule has 1 N–H and O–H groups in total. The summed E-state index contributed by atoms with van der Waals surface area (Å²) in [6.45, 7) is 4.39. The van der Waals surface area contributed by atoms with Crippen molar-refractivity contribution >= 4 is 37.8 Å². The number of benzene rings is 3. The van der Waals surface area contributed by atoms with Gasteiger partial charge in [0.1, 0.15) is 6.04 Å². The molecular weight excluding hydrogens is 590 g/mol. The molecule has 0 radical (unpaired) electrons. The Kier molecular flexibility index (Phi) is 11.9. The lowest BCUT2D eigenvalue weighted by Crippen LogP contribution is -2.52. The lowest BCUT2D eigenvalue weighted by molar-refractivity contribution is -0.141. The van der Waals surface area contributed by atoms with Gasteiger partial charge >= 0.3 is 0 Å². The van der Waals surface area contributed by atoms with E-state index in [-0.39, 0.29) is 42.3 Å². The maximum Gasteiger partial charge on any atom is 0.243 e. The molecule has 2 amide bonds. The van der Waals surface area contributed by atoms with Gasteiger partial charge in [-0.25, -0.2) is 12.7 Å². The second-order valence-electron chi connectivity index (χ2n) is 9.91. The van der Waals surface area contributed by atoms with Crippen LogP contribution >= 0.6 is 15.9 Å². The van der Waals surface area contributed by atoms with Crippen LogP contribution in [0.4, 0.5) is 0 Å². The summed E-state index contributed by atoms with van der Waals surface area (Å²) in [4.78, 5) is 29.2. The zero-order chi connectivity index (χ0) is 29.1. The highest BCUT2D eigenvalue weighted by molar-refractivity contribution is 9.10. The molecule has 2 atom stereocenters. The van der Waals surface area contributed by atoms with Crippen LogP contribution < -0.4 is 5.32 Å². The standard InChI is InChI=1S/C31H38BrN3O4S/c1-4-24(2)33-31(37)29(22-25-12-7-5-8-13-25)35(23-26-17-19-27(32)20-18-26)30(36)16-11-21-34(3)40(38,39)28-14-9-6-10-15-28/h5-10,12-15,17-20,24,29H,4,11,16,21-23H2,1-3H3,(H,33,37)/t24-,29+/m1/s1. The molecule has 9 heteroatoms.